The quantitative estimate of drug-likeness (QED) is 0.521. The number of likely N-dealkylation sites (tertiary alicyclic amines) is 1. The Labute approximate surface area is 127 Å². The van der Waals surface area contributed by atoms with Gasteiger partial charge in [0.25, 0.3) is 11.6 Å². The van der Waals surface area contributed by atoms with Crippen LogP contribution in [0.3, 0.4) is 0 Å². The van der Waals surface area contributed by atoms with Gasteiger partial charge in [-0.05, 0) is 32.5 Å². The Morgan fingerprint density at radius 2 is 2.38 bits per heavy atom. The Hall–Kier alpha value is -1.73. The molecule has 114 valence electrons. The minimum Gasteiger partial charge on any atom is -0.350 e. The van der Waals surface area contributed by atoms with Crippen molar-refractivity contribution in [2.24, 2.45) is 0 Å². The number of carbonyl (C=O) groups is 1. The van der Waals surface area contributed by atoms with Crippen LogP contribution < -0.4 is 5.32 Å². The maximum absolute atomic E-state index is 12.2. The smallest absolute Gasteiger partial charge is 0.300 e. The summed E-state index contributed by atoms with van der Waals surface area (Å²) in [4.78, 5) is 28.3. The van der Waals surface area contributed by atoms with Gasteiger partial charge in [-0.25, -0.2) is 4.98 Å². The van der Waals surface area contributed by atoms with Crippen LogP contribution in [0.25, 0.3) is 0 Å². The van der Waals surface area contributed by atoms with Crippen molar-refractivity contribution in [1.82, 2.24) is 15.2 Å². The fraction of sp³-hybridized carbons (Fsp3) is 0.538. The number of hydrogen-bond acceptors (Lipinski definition) is 5. The average molecular weight is 313 g/mol. The van der Waals surface area contributed by atoms with Crippen LogP contribution in [-0.4, -0.2) is 46.9 Å². The molecule has 1 aliphatic rings. The lowest BCUT2D eigenvalue weighted by molar-refractivity contribution is -0.385. The number of nitro groups is 1. The van der Waals surface area contributed by atoms with E-state index in [0.717, 1.165) is 32.0 Å². The highest BCUT2D eigenvalue weighted by atomic mass is 35.5. The number of rotatable bonds is 4. The van der Waals surface area contributed by atoms with Crippen molar-refractivity contribution in [1.29, 1.82) is 0 Å². The summed E-state index contributed by atoms with van der Waals surface area (Å²) in [5, 5.41) is 13.7. The second-order valence-corrected chi connectivity index (χ2v) is 5.51. The molecule has 0 saturated carbocycles. The Morgan fingerprint density at radius 3 is 3.05 bits per heavy atom. The van der Waals surface area contributed by atoms with E-state index in [1.54, 1.807) is 0 Å². The molecule has 8 heteroatoms. The second kappa shape index (κ2) is 6.82. The number of halogens is 1. The molecule has 0 aliphatic carbocycles. The highest BCUT2D eigenvalue weighted by Gasteiger charge is 2.24. The van der Waals surface area contributed by atoms with Crippen molar-refractivity contribution >= 4 is 23.2 Å². The van der Waals surface area contributed by atoms with Gasteiger partial charge < -0.3 is 10.2 Å². The van der Waals surface area contributed by atoms with E-state index in [1.807, 2.05) is 7.05 Å². The molecule has 1 unspecified atom stereocenters. The monoisotopic (exact) mass is 312 g/mol. The summed E-state index contributed by atoms with van der Waals surface area (Å²) in [5.41, 5.74) is -0.396. The fourth-order valence-electron chi connectivity index (χ4n) is 2.46. The minimum absolute atomic E-state index is 0.0561. The predicted octanol–water partition coefficient (Wildman–Crippen LogP) is 1.86. The number of pyridine rings is 1. The van der Waals surface area contributed by atoms with Gasteiger partial charge in [0.1, 0.15) is 16.9 Å². The van der Waals surface area contributed by atoms with Crippen LogP contribution >= 0.6 is 11.6 Å². The van der Waals surface area contributed by atoms with Crippen LogP contribution in [0.15, 0.2) is 12.3 Å². The Balaban J connectivity index is 2.06. The normalized spacial score (nSPS) is 19.2. The van der Waals surface area contributed by atoms with E-state index in [-0.39, 0.29) is 22.4 Å². The summed E-state index contributed by atoms with van der Waals surface area (Å²) >= 11 is 5.72. The molecule has 1 atom stereocenters. The molecular weight excluding hydrogens is 296 g/mol. The number of amides is 1. The zero-order chi connectivity index (χ0) is 15.4. The van der Waals surface area contributed by atoms with Gasteiger partial charge in [-0.3, -0.25) is 14.9 Å². The van der Waals surface area contributed by atoms with Crippen LogP contribution in [0.2, 0.25) is 5.15 Å². The summed E-state index contributed by atoms with van der Waals surface area (Å²) in [6, 6.07) is 1.48. The lowest BCUT2D eigenvalue weighted by Gasteiger charge is -2.32. The minimum atomic E-state index is -0.634. The number of aromatic nitrogens is 1. The molecule has 2 heterocycles. The molecule has 7 nitrogen and oxygen atoms in total. The SMILES string of the molecule is CN1CCCCC1CNC(=O)c1cc(Cl)ncc1[N+](=O)[O-]. The Kier molecular flexibility index (Phi) is 5.08. The first-order chi connectivity index (χ1) is 9.99. The lowest BCUT2D eigenvalue weighted by Crippen LogP contribution is -2.44. The maximum atomic E-state index is 12.2. The van der Waals surface area contributed by atoms with E-state index in [0.29, 0.717) is 6.54 Å². The van der Waals surface area contributed by atoms with Crippen LogP contribution in [0.5, 0.6) is 0 Å². The topological polar surface area (TPSA) is 88.4 Å². The van der Waals surface area contributed by atoms with Gasteiger partial charge in [-0.2, -0.15) is 0 Å². The van der Waals surface area contributed by atoms with Crippen LogP contribution in [0, 0.1) is 10.1 Å². The first-order valence-corrected chi connectivity index (χ1v) is 7.15. The van der Waals surface area contributed by atoms with E-state index in [2.05, 4.69) is 15.2 Å². The van der Waals surface area contributed by atoms with Crippen LogP contribution in [0.4, 0.5) is 5.69 Å². The molecule has 1 amide bonds. The molecule has 1 aliphatic heterocycles. The number of piperidine rings is 1. The third kappa shape index (κ3) is 3.89. The third-order valence-electron chi connectivity index (χ3n) is 3.71. The zero-order valence-corrected chi connectivity index (χ0v) is 12.5. The molecule has 0 spiro atoms. The van der Waals surface area contributed by atoms with E-state index in [4.69, 9.17) is 11.6 Å². The first kappa shape index (κ1) is 15.7. The van der Waals surface area contributed by atoms with Gasteiger partial charge in [0.15, 0.2) is 0 Å². The van der Waals surface area contributed by atoms with Crippen LogP contribution in [-0.2, 0) is 0 Å². The highest BCUT2D eigenvalue weighted by molar-refractivity contribution is 6.29. The van der Waals surface area contributed by atoms with Crippen LogP contribution in [0.1, 0.15) is 29.6 Å². The second-order valence-electron chi connectivity index (χ2n) is 5.12. The number of nitrogens with one attached hydrogen (secondary N) is 1. The molecule has 1 fully saturated rings. The molecule has 0 bridgehead atoms. The van der Waals surface area contributed by atoms with E-state index >= 15 is 0 Å². The molecule has 21 heavy (non-hydrogen) atoms. The van der Waals surface area contributed by atoms with Gasteiger partial charge in [0, 0.05) is 12.6 Å². The molecule has 1 saturated heterocycles. The molecule has 0 aromatic carbocycles. The highest BCUT2D eigenvalue weighted by Crippen LogP contribution is 2.20. The van der Waals surface area contributed by atoms with Crippen molar-refractivity contribution in [3.8, 4) is 0 Å². The fourth-order valence-corrected chi connectivity index (χ4v) is 2.62. The third-order valence-corrected chi connectivity index (χ3v) is 3.92. The molecular formula is C13H17ClN4O3. The van der Waals surface area contributed by atoms with E-state index < -0.39 is 10.8 Å². The number of likely N-dealkylation sites (N-methyl/N-ethyl adjacent to an activating group) is 1. The van der Waals surface area contributed by atoms with E-state index in [9.17, 15) is 14.9 Å². The van der Waals surface area contributed by atoms with Crippen molar-refractivity contribution in [2.45, 2.75) is 25.3 Å². The standard InChI is InChI=1S/C13H17ClN4O3/c1-17-5-3-2-4-9(17)7-16-13(19)10-6-12(14)15-8-11(10)18(20)21/h6,8-9H,2-5,7H2,1H3,(H,16,19). The summed E-state index contributed by atoms with van der Waals surface area (Å²) < 4.78 is 0. The van der Waals surface area contributed by atoms with Gasteiger partial charge >= 0.3 is 0 Å². The molecule has 1 aromatic rings. The number of hydrogen-bond donors (Lipinski definition) is 1. The molecule has 2 rings (SSSR count). The zero-order valence-electron chi connectivity index (χ0n) is 11.7. The summed E-state index contributed by atoms with van der Waals surface area (Å²) in [5.74, 6) is -0.495. The summed E-state index contributed by atoms with van der Waals surface area (Å²) in [7, 11) is 2.02. The van der Waals surface area contributed by atoms with Gasteiger partial charge in [0.2, 0.25) is 0 Å². The summed E-state index contributed by atoms with van der Waals surface area (Å²) in [6.45, 7) is 1.47. The Bertz CT molecular complexity index is 552. The molecule has 1 N–H and O–H groups in total. The average Bonchev–Trinajstić information content (AvgIpc) is 2.45. The predicted molar refractivity (Wildman–Crippen MR) is 78.5 cm³/mol. The molecule has 0 radical (unpaired) electrons. The van der Waals surface area contributed by atoms with Gasteiger partial charge in [-0.15, -0.1) is 0 Å². The first-order valence-electron chi connectivity index (χ1n) is 6.77. The van der Waals surface area contributed by atoms with Crippen molar-refractivity contribution in [3.05, 3.63) is 33.1 Å². The number of carbonyl (C=O) groups excluding carboxylic acids is 1. The Morgan fingerprint density at radius 1 is 1.62 bits per heavy atom. The largest absolute Gasteiger partial charge is 0.350 e. The van der Waals surface area contributed by atoms with Gasteiger partial charge in [-0.1, -0.05) is 18.0 Å². The van der Waals surface area contributed by atoms with Gasteiger partial charge in [0.05, 0.1) is 4.92 Å². The van der Waals surface area contributed by atoms with Crippen molar-refractivity contribution < 1.29 is 9.72 Å². The van der Waals surface area contributed by atoms with Crippen molar-refractivity contribution in [3.63, 3.8) is 0 Å². The maximum Gasteiger partial charge on any atom is 0.300 e. The molecule has 1 aromatic heterocycles. The van der Waals surface area contributed by atoms with Crippen molar-refractivity contribution in [2.75, 3.05) is 20.1 Å². The number of nitrogens with zero attached hydrogens (tertiary/aromatic N) is 3. The van der Waals surface area contributed by atoms with E-state index in [1.165, 1.54) is 6.07 Å². The summed E-state index contributed by atoms with van der Waals surface area (Å²) in [6.07, 6.45) is 4.30. The lowest BCUT2D eigenvalue weighted by atomic mass is 10.0.